The molecule has 3 rings (SSSR count). The van der Waals surface area contributed by atoms with Crippen LogP contribution in [0.2, 0.25) is 0 Å². The van der Waals surface area contributed by atoms with E-state index in [2.05, 4.69) is 10.3 Å². The van der Waals surface area contributed by atoms with E-state index in [1.54, 1.807) is 30.3 Å². The van der Waals surface area contributed by atoms with Crippen LogP contribution in [0.1, 0.15) is 24.2 Å². The Kier molecular flexibility index (Phi) is 5.07. The number of rotatable bonds is 5. The number of hydrogen-bond acceptors (Lipinski definition) is 5. The summed E-state index contributed by atoms with van der Waals surface area (Å²) in [4.78, 5) is 18.9. The molecule has 0 radical (unpaired) electrons. The maximum absolute atomic E-state index is 12.9. The maximum atomic E-state index is 12.9. The molecule has 1 N–H and O–H groups in total. The second kappa shape index (κ2) is 7.42. The van der Waals surface area contributed by atoms with E-state index in [0.29, 0.717) is 24.5 Å². The average molecular weight is 341 g/mol. The summed E-state index contributed by atoms with van der Waals surface area (Å²) in [7, 11) is 1.78. The van der Waals surface area contributed by atoms with Crippen molar-refractivity contribution in [2.45, 2.75) is 26.0 Å². The molecule has 0 saturated heterocycles. The quantitative estimate of drug-likeness (QED) is 0.906. The number of carbonyl (C=O) groups excluding carboxylic acids is 1. The van der Waals surface area contributed by atoms with Crippen LogP contribution < -0.4 is 14.8 Å². The SMILES string of the molecule is CNc1cc(C(=O)N(C[C@@H]2COc3ccccc3O2)C(C)C)ccn1. The lowest BCUT2D eigenvalue weighted by atomic mass is 10.1. The molecule has 1 amide bonds. The van der Waals surface area contributed by atoms with Crippen molar-refractivity contribution in [3.8, 4) is 11.5 Å². The van der Waals surface area contributed by atoms with Crippen LogP contribution in [-0.2, 0) is 0 Å². The molecule has 1 atom stereocenters. The van der Waals surface area contributed by atoms with Gasteiger partial charge in [0.2, 0.25) is 0 Å². The van der Waals surface area contributed by atoms with Gasteiger partial charge in [0.15, 0.2) is 17.6 Å². The Balaban J connectivity index is 1.74. The average Bonchev–Trinajstić information content (AvgIpc) is 2.65. The molecule has 0 bridgehead atoms. The molecule has 1 aliphatic heterocycles. The van der Waals surface area contributed by atoms with Crippen molar-refractivity contribution in [3.63, 3.8) is 0 Å². The molecule has 0 saturated carbocycles. The van der Waals surface area contributed by atoms with Crippen LogP contribution >= 0.6 is 0 Å². The standard InChI is InChI=1S/C19H23N3O3/c1-13(2)22(19(23)14-8-9-21-18(10-14)20-3)11-15-12-24-16-6-4-5-7-17(16)25-15/h4-10,13,15H,11-12H2,1-3H3,(H,20,21)/t15-/m1/s1. The van der Waals surface area contributed by atoms with Crippen LogP contribution in [0.25, 0.3) is 0 Å². The van der Waals surface area contributed by atoms with Crippen molar-refractivity contribution in [1.82, 2.24) is 9.88 Å². The number of nitrogens with one attached hydrogen (secondary N) is 1. The molecule has 0 fully saturated rings. The number of pyridine rings is 1. The highest BCUT2D eigenvalue weighted by molar-refractivity contribution is 5.95. The molecule has 0 aliphatic carbocycles. The second-order valence-electron chi connectivity index (χ2n) is 6.23. The number of benzene rings is 1. The van der Waals surface area contributed by atoms with Gasteiger partial charge in [-0.2, -0.15) is 0 Å². The van der Waals surface area contributed by atoms with Crippen molar-refractivity contribution in [2.24, 2.45) is 0 Å². The lowest BCUT2D eigenvalue weighted by Crippen LogP contribution is -2.46. The molecule has 2 aromatic rings. The Morgan fingerprint density at radius 3 is 2.80 bits per heavy atom. The van der Waals surface area contributed by atoms with Crippen LogP contribution in [0.3, 0.4) is 0 Å². The first kappa shape index (κ1) is 17.1. The third kappa shape index (κ3) is 3.84. The van der Waals surface area contributed by atoms with E-state index in [0.717, 1.165) is 11.5 Å². The number of hydrogen-bond donors (Lipinski definition) is 1. The van der Waals surface area contributed by atoms with Gasteiger partial charge in [-0.1, -0.05) is 12.1 Å². The summed E-state index contributed by atoms with van der Waals surface area (Å²) in [6.45, 7) is 4.87. The molecule has 25 heavy (non-hydrogen) atoms. The van der Waals surface area contributed by atoms with Gasteiger partial charge in [-0.05, 0) is 38.1 Å². The maximum Gasteiger partial charge on any atom is 0.254 e. The van der Waals surface area contributed by atoms with E-state index in [4.69, 9.17) is 9.47 Å². The van der Waals surface area contributed by atoms with Crippen molar-refractivity contribution < 1.29 is 14.3 Å². The van der Waals surface area contributed by atoms with E-state index in [9.17, 15) is 4.79 Å². The van der Waals surface area contributed by atoms with Crippen molar-refractivity contribution in [3.05, 3.63) is 48.2 Å². The largest absolute Gasteiger partial charge is 0.486 e. The van der Waals surface area contributed by atoms with Crippen molar-refractivity contribution in [1.29, 1.82) is 0 Å². The van der Waals surface area contributed by atoms with Crippen LogP contribution in [0.5, 0.6) is 11.5 Å². The van der Waals surface area contributed by atoms with Gasteiger partial charge in [0, 0.05) is 24.8 Å². The minimum Gasteiger partial charge on any atom is -0.486 e. The molecule has 0 unspecified atom stereocenters. The highest BCUT2D eigenvalue weighted by Gasteiger charge is 2.27. The minimum atomic E-state index is -0.202. The summed E-state index contributed by atoms with van der Waals surface area (Å²) in [6, 6.07) is 11.1. The Hall–Kier alpha value is -2.76. The van der Waals surface area contributed by atoms with Gasteiger partial charge >= 0.3 is 0 Å². The fourth-order valence-electron chi connectivity index (χ4n) is 2.77. The topological polar surface area (TPSA) is 63.7 Å². The van der Waals surface area contributed by atoms with E-state index in [-0.39, 0.29) is 18.1 Å². The number of nitrogens with zero attached hydrogens (tertiary/aromatic N) is 2. The van der Waals surface area contributed by atoms with Crippen LogP contribution in [0, 0.1) is 0 Å². The number of para-hydroxylation sites is 2. The Labute approximate surface area is 147 Å². The number of amides is 1. The molecule has 6 heteroatoms. The van der Waals surface area contributed by atoms with Crippen LogP contribution in [-0.4, -0.2) is 48.1 Å². The molecule has 1 aromatic heterocycles. The Bertz CT molecular complexity index is 748. The summed E-state index contributed by atoms with van der Waals surface area (Å²) >= 11 is 0. The molecule has 1 aliphatic rings. The first-order valence-corrected chi connectivity index (χ1v) is 8.41. The van der Waals surface area contributed by atoms with Gasteiger partial charge in [0.1, 0.15) is 12.4 Å². The lowest BCUT2D eigenvalue weighted by molar-refractivity contribution is 0.0393. The number of ether oxygens (including phenoxy) is 2. The first-order valence-electron chi connectivity index (χ1n) is 8.41. The Morgan fingerprint density at radius 1 is 1.32 bits per heavy atom. The summed E-state index contributed by atoms with van der Waals surface area (Å²) < 4.78 is 11.8. The van der Waals surface area contributed by atoms with Crippen molar-refractivity contribution >= 4 is 11.7 Å². The zero-order chi connectivity index (χ0) is 17.8. The van der Waals surface area contributed by atoms with Gasteiger partial charge in [-0.3, -0.25) is 4.79 Å². The number of fused-ring (bicyclic) bond motifs is 1. The first-order chi connectivity index (χ1) is 12.1. The van der Waals surface area contributed by atoms with E-state index >= 15 is 0 Å². The van der Waals surface area contributed by atoms with Gasteiger partial charge in [-0.15, -0.1) is 0 Å². The normalized spacial score (nSPS) is 15.8. The molecular formula is C19H23N3O3. The zero-order valence-electron chi connectivity index (χ0n) is 14.7. The molecule has 1 aromatic carbocycles. The Morgan fingerprint density at radius 2 is 2.08 bits per heavy atom. The number of aromatic nitrogens is 1. The lowest BCUT2D eigenvalue weighted by Gasteiger charge is -2.33. The highest BCUT2D eigenvalue weighted by atomic mass is 16.6. The predicted molar refractivity (Wildman–Crippen MR) is 96.3 cm³/mol. The van der Waals surface area contributed by atoms with Crippen LogP contribution in [0.15, 0.2) is 42.6 Å². The molecule has 132 valence electrons. The van der Waals surface area contributed by atoms with E-state index in [1.807, 2.05) is 38.1 Å². The van der Waals surface area contributed by atoms with Gasteiger partial charge in [0.25, 0.3) is 5.91 Å². The van der Waals surface area contributed by atoms with Crippen LogP contribution in [0.4, 0.5) is 5.82 Å². The van der Waals surface area contributed by atoms with Crippen molar-refractivity contribution in [2.75, 3.05) is 25.5 Å². The molecule has 2 heterocycles. The van der Waals surface area contributed by atoms with E-state index in [1.165, 1.54) is 0 Å². The van der Waals surface area contributed by atoms with Gasteiger partial charge in [-0.25, -0.2) is 4.98 Å². The fourth-order valence-corrected chi connectivity index (χ4v) is 2.77. The minimum absolute atomic E-state index is 0.0412. The van der Waals surface area contributed by atoms with E-state index < -0.39 is 0 Å². The van der Waals surface area contributed by atoms with Gasteiger partial charge in [0.05, 0.1) is 6.54 Å². The number of anilines is 1. The molecular weight excluding hydrogens is 318 g/mol. The summed E-state index contributed by atoms with van der Waals surface area (Å²) in [5.41, 5.74) is 0.602. The fraction of sp³-hybridized carbons (Fsp3) is 0.368. The smallest absolute Gasteiger partial charge is 0.254 e. The summed E-state index contributed by atoms with van der Waals surface area (Å²) in [5.74, 6) is 2.09. The molecule has 0 spiro atoms. The second-order valence-corrected chi connectivity index (χ2v) is 6.23. The third-order valence-electron chi connectivity index (χ3n) is 4.12. The monoisotopic (exact) mass is 341 g/mol. The predicted octanol–water partition coefficient (Wildman–Crippen LogP) is 2.81. The molecule has 6 nitrogen and oxygen atoms in total. The zero-order valence-corrected chi connectivity index (χ0v) is 14.7. The third-order valence-corrected chi connectivity index (χ3v) is 4.12. The summed E-state index contributed by atoms with van der Waals surface area (Å²) in [6.07, 6.45) is 1.43. The number of carbonyl (C=O) groups is 1. The van der Waals surface area contributed by atoms with Gasteiger partial charge < -0.3 is 19.7 Å². The highest BCUT2D eigenvalue weighted by Crippen LogP contribution is 2.31. The summed E-state index contributed by atoms with van der Waals surface area (Å²) in [5, 5.41) is 2.96.